The maximum atomic E-state index is 10.7. The summed E-state index contributed by atoms with van der Waals surface area (Å²) < 4.78 is 0. The van der Waals surface area contributed by atoms with Crippen LogP contribution < -0.4 is 5.32 Å². The first-order valence-electron chi connectivity index (χ1n) is 5.08. The van der Waals surface area contributed by atoms with Crippen molar-refractivity contribution in [2.24, 2.45) is 0 Å². The van der Waals surface area contributed by atoms with Crippen LogP contribution in [0.5, 0.6) is 0 Å². The van der Waals surface area contributed by atoms with Gasteiger partial charge in [0.2, 0.25) is 0 Å². The maximum absolute atomic E-state index is 10.7. The molecule has 0 aliphatic rings. The van der Waals surface area contributed by atoms with Crippen LogP contribution in [-0.4, -0.2) is 22.4 Å². The zero-order valence-corrected chi connectivity index (χ0v) is 10.7. The van der Waals surface area contributed by atoms with Gasteiger partial charge in [-0.15, -0.1) is 0 Å². The van der Waals surface area contributed by atoms with Crippen LogP contribution in [-0.2, 0) is 0 Å². The molecule has 0 aliphatic carbocycles. The fourth-order valence-corrected chi connectivity index (χ4v) is 2.03. The summed E-state index contributed by atoms with van der Waals surface area (Å²) in [6.07, 6.45) is -1.65. The van der Waals surface area contributed by atoms with E-state index in [1.807, 2.05) is 0 Å². The third-order valence-electron chi connectivity index (χ3n) is 2.38. The molecule has 2 atom stereocenters. The summed E-state index contributed by atoms with van der Waals surface area (Å²) in [5.41, 5.74) is 0.507. The number of carbonyl (C=O) groups is 1. The Hall–Kier alpha value is -0.970. The van der Waals surface area contributed by atoms with Crippen molar-refractivity contribution >= 4 is 29.3 Å². The van der Waals surface area contributed by atoms with E-state index in [4.69, 9.17) is 28.3 Å². The molecule has 0 saturated heterocycles. The van der Waals surface area contributed by atoms with Gasteiger partial charge in [-0.05, 0) is 24.1 Å². The van der Waals surface area contributed by atoms with Crippen LogP contribution in [0.25, 0.3) is 0 Å². The van der Waals surface area contributed by atoms with Crippen molar-refractivity contribution in [3.63, 3.8) is 0 Å². The van der Waals surface area contributed by atoms with Gasteiger partial charge in [-0.25, -0.2) is 4.79 Å². The summed E-state index contributed by atoms with van der Waals surface area (Å²) in [4.78, 5) is 10.7. The predicted octanol–water partition coefficient (Wildman–Crippen LogP) is 3.07. The Morgan fingerprint density at radius 2 is 2.12 bits per heavy atom. The first-order valence-corrected chi connectivity index (χ1v) is 5.83. The van der Waals surface area contributed by atoms with E-state index in [9.17, 15) is 9.90 Å². The van der Waals surface area contributed by atoms with Crippen LogP contribution >= 0.6 is 23.2 Å². The van der Waals surface area contributed by atoms with Gasteiger partial charge >= 0.3 is 6.09 Å². The minimum Gasteiger partial charge on any atom is -0.465 e. The first-order chi connectivity index (χ1) is 7.95. The van der Waals surface area contributed by atoms with E-state index in [1.54, 1.807) is 19.1 Å². The Bertz CT molecular complexity index is 412. The fraction of sp³-hybridized carbons (Fsp3) is 0.364. The van der Waals surface area contributed by atoms with Crippen LogP contribution in [0.1, 0.15) is 24.9 Å². The topological polar surface area (TPSA) is 69.6 Å². The lowest BCUT2D eigenvalue weighted by atomic mass is 10.00. The second-order valence-corrected chi connectivity index (χ2v) is 4.41. The second-order valence-electron chi connectivity index (χ2n) is 3.57. The minimum absolute atomic E-state index is 0.323. The molecule has 0 aliphatic heterocycles. The molecule has 3 N–H and O–H groups in total. The van der Waals surface area contributed by atoms with E-state index in [0.29, 0.717) is 22.0 Å². The number of hydrogen-bond donors (Lipinski definition) is 3. The lowest BCUT2D eigenvalue weighted by Gasteiger charge is -2.23. The van der Waals surface area contributed by atoms with Crippen molar-refractivity contribution in [1.29, 1.82) is 0 Å². The Balaban J connectivity index is 3.07. The third kappa shape index (κ3) is 3.77. The van der Waals surface area contributed by atoms with E-state index >= 15 is 0 Å². The highest BCUT2D eigenvalue weighted by atomic mass is 35.5. The van der Waals surface area contributed by atoms with Crippen molar-refractivity contribution in [3.8, 4) is 0 Å². The predicted molar refractivity (Wildman–Crippen MR) is 66.7 cm³/mol. The largest absolute Gasteiger partial charge is 0.465 e. The molecule has 0 bridgehead atoms. The highest BCUT2D eigenvalue weighted by Gasteiger charge is 2.23. The number of carboxylic acid groups (broad SMARTS) is 1. The van der Waals surface area contributed by atoms with Crippen LogP contribution in [0.2, 0.25) is 10.0 Å². The fourth-order valence-electron chi connectivity index (χ4n) is 1.50. The van der Waals surface area contributed by atoms with Gasteiger partial charge in [0.05, 0.1) is 12.1 Å². The lowest BCUT2D eigenvalue weighted by Crippen LogP contribution is -2.35. The molecular formula is C11H13Cl2NO3. The number of rotatable bonds is 4. The van der Waals surface area contributed by atoms with Gasteiger partial charge in [-0.3, -0.25) is 0 Å². The summed E-state index contributed by atoms with van der Waals surface area (Å²) in [7, 11) is 0. The van der Waals surface area contributed by atoms with Crippen LogP contribution in [0, 0.1) is 0 Å². The van der Waals surface area contributed by atoms with E-state index in [-0.39, 0.29) is 0 Å². The van der Waals surface area contributed by atoms with Gasteiger partial charge < -0.3 is 15.5 Å². The van der Waals surface area contributed by atoms with Gasteiger partial charge in [0, 0.05) is 10.0 Å². The molecule has 94 valence electrons. The molecule has 0 heterocycles. The molecule has 17 heavy (non-hydrogen) atoms. The molecule has 1 aromatic carbocycles. The molecule has 0 radical (unpaired) electrons. The van der Waals surface area contributed by atoms with Crippen molar-refractivity contribution in [1.82, 2.24) is 5.32 Å². The summed E-state index contributed by atoms with van der Waals surface area (Å²) >= 11 is 11.7. The molecule has 2 unspecified atom stereocenters. The summed E-state index contributed by atoms with van der Waals surface area (Å²) in [6.45, 7) is 1.75. The number of hydrogen-bond acceptors (Lipinski definition) is 2. The molecule has 6 heteroatoms. The van der Waals surface area contributed by atoms with Gasteiger partial charge in [-0.1, -0.05) is 36.2 Å². The number of aliphatic hydroxyl groups is 1. The monoisotopic (exact) mass is 277 g/mol. The molecule has 0 spiro atoms. The van der Waals surface area contributed by atoms with Crippen LogP contribution in [0.4, 0.5) is 4.79 Å². The zero-order chi connectivity index (χ0) is 13.0. The van der Waals surface area contributed by atoms with Crippen molar-refractivity contribution < 1.29 is 15.0 Å². The quantitative estimate of drug-likeness (QED) is 0.792. The van der Waals surface area contributed by atoms with Gasteiger partial charge in [-0.2, -0.15) is 0 Å². The number of halogens is 2. The molecule has 0 fully saturated rings. The number of nitrogens with one attached hydrogen (secondary N) is 1. The average Bonchev–Trinajstić information content (AvgIpc) is 2.25. The molecular weight excluding hydrogens is 265 g/mol. The highest BCUT2D eigenvalue weighted by molar-refractivity contribution is 6.35. The van der Waals surface area contributed by atoms with Crippen molar-refractivity contribution in [3.05, 3.63) is 33.8 Å². The molecule has 0 saturated carbocycles. The lowest BCUT2D eigenvalue weighted by molar-refractivity contribution is 0.116. The van der Waals surface area contributed by atoms with Gasteiger partial charge in [0.1, 0.15) is 0 Å². The van der Waals surface area contributed by atoms with Gasteiger partial charge in [0.15, 0.2) is 0 Å². The number of amides is 1. The van der Waals surface area contributed by atoms with E-state index in [2.05, 4.69) is 5.32 Å². The first kappa shape index (κ1) is 14.1. The Morgan fingerprint density at radius 3 is 2.59 bits per heavy atom. The molecule has 0 aromatic heterocycles. The minimum atomic E-state index is -1.21. The standard InChI is InChI=1S/C11H13Cl2NO3/c1-2-9(15)10(14-11(16)17)7-4-3-6(12)5-8(7)13/h3-5,9-10,14-15H,2H2,1H3,(H,16,17). The van der Waals surface area contributed by atoms with E-state index in [0.717, 1.165) is 0 Å². The number of aliphatic hydroxyl groups excluding tert-OH is 1. The summed E-state index contributed by atoms with van der Waals surface area (Å²) in [6, 6.07) is 3.95. The van der Waals surface area contributed by atoms with Gasteiger partial charge in [0.25, 0.3) is 0 Å². The second kappa shape index (κ2) is 6.10. The van der Waals surface area contributed by atoms with E-state index in [1.165, 1.54) is 6.07 Å². The SMILES string of the molecule is CCC(O)C(NC(=O)O)c1ccc(Cl)cc1Cl. The summed E-state index contributed by atoms with van der Waals surface area (Å²) in [5, 5.41) is 21.6. The molecule has 1 rings (SSSR count). The number of benzene rings is 1. The maximum Gasteiger partial charge on any atom is 0.405 e. The molecule has 1 aromatic rings. The van der Waals surface area contributed by atoms with Crippen molar-refractivity contribution in [2.45, 2.75) is 25.5 Å². The van der Waals surface area contributed by atoms with Crippen LogP contribution in [0.15, 0.2) is 18.2 Å². The molecule has 1 amide bonds. The molecule has 4 nitrogen and oxygen atoms in total. The van der Waals surface area contributed by atoms with E-state index < -0.39 is 18.2 Å². The third-order valence-corrected chi connectivity index (χ3v) is 2.94. The van der Waals surface area contributed by atoms with Crippen LogP contribution in [0.3, 0.4) is 0 Å². The average molecular weight is 278 g/mol. The normalized spacial score (nSPS) is 14.1. The summed E-state index contributed by atoms with van der Waals surface area (Å²) in [5.74, 6) is 0. The zero-order valence-electron chi connectivity index (χ0n) is 9.15. The Morgan fingerprint density at radius 1 is 1.47 bits per heavy atom. The smallest absolute Gasteiger partial charge is 0.405 e. The van der Waals surface area contributed by atoms with Crippen molar-refractivity contribution in [2.75, 3.05) is 0 Å². The Kier molecular flexibility index (Phi) is 5.05. The highest BCUT2D eigenvalue weighted by Crippen LogP contribution is 2.29. The Labute approximate surface area is 109 Å².